The van der Waals surface area contributed by atoms with E-state index in [-0.39, 0.29) is 5.41 Å². The van der Waals surface area contributed by atoms with Gasteiger partial charge in [0.2, 0.25) is 0 Å². The number of benzene rings is 1. The standard InChI is InChI=1S/C15H18ClN/c1-9-10(2)17-14-11(13(9)16)7-6-8-12(14)15(3,4)5/h6-8H,1-5H3. The Bertz CT molecular complexity index is 579. The number of nitrogens with zero attached hydrogens (tertiary/aromatic N) is 1. The zero-order valence-corrected chi connectivity index (χ0v) is 11.8. The molecule has 1 aromatic carbocycles. The molecule has 0 atom stereocenters. The van der Waals surface area contributed by atoms with Gasteiger partial charge in [-0.25, -0.2) is 0 Å². The second kappa shape index (κ2) is 3.99. The molecule has 17 heavy (non-hydrogen) atoms. The topological polar surface area (TPSA) is 12.9 Å². The Hall–Kier alpha value is -1.08. The molecule has 0 aliphatic heterocycles. The summed E-state index contributed by atoms with van der Waals surface area (Å²) in [6, 6.07) is 6.25. The molecule has 0 saturated carbocycles. The molecule has 0 fully saturated rings. The van der Waals surface area contributed by atoms with Crippen LogP contribution in [0.3, 0.4) is 0 Å². The Labute approximate surface area is 108 Å². The van der Waals surface area contributed by atoms with Gasteiger partial charge in [-0.2, -0.15) is 0 Å². The number of para-hydroxylation sites is 1. The first-order valence-electron chi connectivity index (χ1n) is 5.88. The minimum Gasteiger partial charge on any atom is -0.252 e. The Balaban J connectivity index is 2.92. The van der Waals surface area contributed by atoms with Crippen molar-refractivity contribution >= 4 is 22.5 Å². The maximum atomic E-state index is 6.41. The number of rotatable bonds is 0. The van der Waals surface area contributed by atoms with Crippen LogP contribution in [-0.2, 0) is 5.41 Å². The number of pyridine rings is 1. The van der Waals surface area contributed by atoms with Crippen molar-refractivity contribution in [3.63, 3.8) is 0 Å². The average Bonchev–Trinajstić information content (AvgIpc) is 2.24. The first kappa shape index (κ1) is 12.4. The van der Waals surface area contributed by atoms with E-state index in [1.807, 2.05) is 19.9 Å². The fourth-order valence-electron chi connectivity index (χ4n) is 2.06. The fourth-order valence-corrected chi connectivity index (χ4v) is 2.35. The van der Waals surface area contributed by atoms with Gasteiger partial charge in [-0.1, -0.05) is 50.6 Å². The summed E-state index contributed by atoms with van der Waals surface area (Å²) in [5.41, 5.74) is 4.45. The van der Waals surface area contributed by atoms with E-state index in [1.165, 1.54) is 5.56 Å². The smallest absolute Gasteiger partial charge is 0.0757 e. The molecule has 1 heterocycles. The minimum absolute atomic E-state index is 0.0809. The second-order valence-corrected chi connectivity index (χ2v) is 5.97. The van der Waals surface area contributed by atoms with Gasteiger partial charge < -0.3 is 0 Å². The molecule has 0 saturated heterocycles. The maximum absolute atomic E-state index is 6.41. The number of halogens is 1. The molecule has 2 heteroatoms. The van der Waals surface area contributed by atoms with Crippen LogP contribution in [0.4, 0.5) is 0 Å². The van der Waals surface area contributed by atoms with Crippen LogP contribution < -0.4 is 0 Å². The van der Waals surface area contributed by atoms with Crippen molar-refractivity contribution in [2.24, 2.45) is 0 Å². The first-order valence-corrected chi connectivity index (χ1v) is 6.26. The number of fused-ring (bicyclic) bond motifs is 1. The van der Waals surface area contributed by atoms with E-state index in [4.69, 9.17) is 16.6 Å². The van der Waals surface area contributed by atoms with Gasteiger partial charge in [-0.3, -0.25) is 4.98 Å². The lowest BCUT2D eigenvalue weighted by atomic mass is 9.85. The molecule has 0 bridgehead atoms. The molecule has 0 N–H and O–H groups in total. The Morgan fingerprint density at radius 1 is 1.12 bits per heavy atom. The van der Waals surface area contributed by atoms with Crippen LogP contribution >= 0.6 is 11.6 Å². The molecule has 2 rings (SSSR count). The molecule has 0 aliphatic carbocycles. The molecular formula is C15H18ClN. The predicted molar refractivity (Wildman–Crippen MR) is 74.9 cm³/mol. The van der Waals surface area contributed by atoms with Crippen molar-refractivity contribution in [3.05, 3.63) is 40.0 Å². The van der Waals surface area contributed by atoms with Crippen molar-refractivity contribution in [1.82, 2.24) is 4.98 Å². The molecule has 1 aromatic heterocycles. The SMILES string of the molecule is Cc1nc2c(C(C)(C)C)cccc2c(Cl)c1C. The molecule has 0 spiro atoms. The monoisotopic (exact) mass is 247 g/mol. The van der Waals surface area contributed by atoms with E-state index in [2.05, 4.69) is 32.9 Å². The van der Waals surface area contributed by atoms with Crippen LogP contribution in [0.2, 0.25) is 5.02 Å². The van der Waals surface area contributed by atoms with E-state index in [0.717, 1.165) is 27.2 Å². The molecule has 90 valence electrons. The number of aryl methyl sites for hydroxylation is 1. The van der Waals surface area contributed by atoms with Crippen molar-refractivity contribution in [2.75, 3.05) is 0 Å². The average molecular weight is 248 g/mol. The second-order valence-electron chi connectivity index (χ2n) is 5.59. The molecule has 0 unspecified atom stereocenters. The summed E-state index contributed by atoms with van der Waals surface area (Å²) in [7, 11) is 0. The summed E-state index contributed by atoms with van der Waals surface area (Å²) in [6.07, 6.45) is 0. The van der Waals surface area contributed by atoms with Crippen molar-refractivity contribution in [3.8, 4) is 0 Å². The van der Waals surface area contributed by atoms with Crippen LogP contribution in [0, 0.1) is 13.8 Å². The van der Waals surface area contributed by atoms with Crippen LogP contribution in [0.15, 0.2) is 18.2 Å². The number of hydrogen-bond donors (Lipinski definition) is 0. The van der Waals surface area contributed by atoms with Crippen molar-refractivity contribution in [2.45, 2.75) is 40.0 Å². The maximum Gasteiger partial charge on any atom is 0.0757 e. The number of aromatic nitrogens is 1. The lowest BCUT2D eigenvalue weighted by Gasteiger charge is -2.21. The van der Waals surface area contributed by atoms with E-state index in [1.54, 1.807) is 0 Å². The molecule has 0 amide bonds. The van der Waals surface area contributed by atoms with E-state index >= 15 is 0 Å². The van der Waals surface area contributed by atoms with Gasteiger partial charge in [0.05, 0.1) is 10.5 Å². The van der Waals surface area contributed by atoms with Crippen LogP contribution in [0.5, 0.6) is 0 Å². The summed E-state index contributed by atoms with van der Waals surface area (Å²) in [5.74, 6) is 0. The largest absolute Gasteiger partial charge is 0.252 e. The summed E-state index contributed by atoms with van der Waals surface area (Å²) in [6.45, 7) is 10.6. The summed E-state index contributed by atoms with van der Waals surface area (Å²) >= 11 is 6.41. The summed E-state index contributed by atoms with van der Waals surface area (Å²) in [5, 5.41) is 1.89. The summed E-state index contributed by atoms with van der Waals surface area (Å²) in [4.78, 5) is 4.72. The van der Waals surface area contributed by atoms with Gasteiger partial charge in [0.25, 0.3) is 0 Å². The molecule has 1 nitrogen and oxygen atoms in total. The van der Waals surface area contributed by atoms with Crippen molar-refractivity contribution < 1.29 is 0 Å². The highest BCUT2D eigenvalue weighted by molar-refractivity contribution is 6.36. The lowest BCUT2D eigenvalue weighted by molar-refractivity contribution is 0.594. The zero-order valence-electron chi connectivity index (χ0n) is 11.1. The fraction of sp³-hybridized carbons (Fsp3) is 0.400. The van der Waals surface area contributed by atoms with Crippen LogP contribution in [0.25, 0.3) is 10.9 Å². The third kappa shape index (κ3) is 2.04. The Morgan fingerprint density at radius 2 is 1.76 bits per heavy atom. The Morgan fingerprint density at radius 3 is 2.35 bits per heavy atom. The van der Waals surface area contributed by atoms with Gasteiger partial charge in [0.1, 0.15) is 0 Å². The molecule has 0 radical (unpaired) electrons. The quantitative estimate of drug-likeness (QED) is 0.652. The van der Waals surface area contributed by atoms with Gasteiger partial charge in [0.15, 0.2) is 0 Å². The van der Waals surface area contributed by atoms with Crippen LogP contribution in [-0.4, -0.2) is 4.98 Å². The minimum atomic E-state index is 0.0809. The number of hydrogen-bond acceptors (Lipinski definition) is 1. The van der Waals surface area contributed by atoms with E-state index in [0.29, 0.717) is 0 Å². The van der Waals surface area contributed by atoms with E-state index < -0.39 is 0 Å². The highest BCUT2D eigenvalue weighted by Gasteiger charge is 2.19. The molecular weight excluding hydrogens is 230 g/mol. The first-order chi connectivity index (χ1) is 7.82. The predicted octanol–water partition coefficient (Wildman–Crippen LogP) is 4.80. The van der Waals surface area contributed by atoms with Gasteiger partial charge in [-0.05, 0) is 30.4 Å². The highest BCUT2D eigenvalue weighted by Crippen LogP contribution is 2.34. The zero-order chi connectivity index (χ0) is 12.8. The van der Waals surface area contributed by atoms with E-state index in [9.17, 15) is 0 Å². The highest BCUT2D eigenvalue weighted by atomic mass is 35.5. The lowest BCUT2D eigenvalue weighted by Crippen LogP contribution is -2.12. The third-order valence-electron chi connectivity index (χ3n) is 3.23. The Kier molecular flexibility index (Phi) is 2.90. The van der Waals surface area contributed by atoms with Gasteiger partial charge >= 0.3 is 0 Å². The van der Waals surface area contributed by atoms with Gasteiger partial charge in [0, 0.05) is 11.1 Å². The summed E-state index contributed by atoms with van der Waals surface area (Å²) < 4.78 is 0. The normalized spacial score (nSPS) is 12.1. The molecule has 2 aromatic rings. The molecule has 0 aliphatic rings. The van der Waals surface area contributed by atoms with Gasteiger partial charge in [-0.15, -0.1) is 0 Å². The van der Waals surface area contributed by atoms with Crippen molar-refractivity contribution in [1.29, 1.82) is 0 Å². The van der Waals surface area contributed by atoms with Crippen LogP contribution in [0.1, 0.15) is 37.6 Å². The third-order valence-corrected chi connectivity index (χ3v) is 3.72.